The Kier molecular flexibility index (Phi) is 9.79. The quantitative estimate of drug-likeness (QED) is 0.334. The Morgan fingerprint density at radius 2 is 1.82 bits per heavy atom. The minimum atomic E-state index is -3.99. The fourth-order valence-corrected chi connectivity index (χ4v) is 10.1. The maximum atomic E-state index is 14.8. The summed E-state index contributed by atoms with van der Waals surface area (Å²) in [7, 11) is -2.36. The number of benzene rings is 1. The van der Waals surface area contributed by atoms with Gasteiger partial charge < -0.3 is 29.7 Å². The van der Waals surface area contributed by atoms with Crippen molar-refractivity contribution in [3.63, 3.8) is 0 Å². The van der Waals surface area contributed by atoms with E-state index in [1.807, 2.05) is 30.4 Å². The average Bonchev–Trinajstić information content (AvgIpc) is 4.08. The molecule has 0 radical (unpaired) electrons. The molecule has 2 aromatic rings. The molecule has 3 saturated carbocycles. The van der Waals surface area contributed by atoms with Crippen molar-refractivity contribution in [3.05, 3.63) is 41.6 Å². The zero-order valence-electron chi connectivity index (χ0n) is 33.6. The van der Waals surface area contributed by atoms with Crippen LogP contribution >= 0.6 is 0 Å². The Balaban J connectivity index is 1.15. The fourth-order valence-electron chi connectivity index (χ4n) is 8.75. The van der Waals surface area contributed by atoms with Crippen LogP contribution in [0.1, 0.15) is 122 Å². The Morgan fingerprint density at radius 1 is 1.05 bits per heavy atom. The third kappa shape index (κ3) is 7.68. The molecular weight excluding hydrogens is 751 g/mol. The van der Waals surface area contributed by atoms with Crippen molar-refractivity contribution in [1.82, 2.24) is 25.2 Å². The minimum Gasteiger partial charge on any atom is -0.497 e. The highest BCUT2D eigenvalue weighted by Gasteiger charge is 2.64. The maximum absolute atomic E-state index is 14.8. The zero-order chi connectivity index (χ0) is 40.5. The lowest BCUT2D eigenvalue weighted by molar-refractivity contribution is -0.141. The summed E-state index contributed by atoms with van der Waals surface area (Å²) in [5.74, 6) is -0.576. The van der Waals surface area contributed by atoms with Gasteiger partial charge in [0.1, 0.15) is 40.3 Å². The number of rotatable bonds is 6. The molecule has 308 valence electrons. The van der Waals surface area contributed by atoms with Crippen LogP contribution in [0.5, 0.6) is 11.5 Å². The number of allylic oxidation sites excluding steroid dienone is 1. The number of pyridine rings is 1. The van der Waals surface area contributed by atoms with Crippen LogP contribution in [0.15, 0.2) is 30.4 Å². The molecule has 3 aliphatic heterocycles. The van der Waals surface area contributed by atoms with Gasteiger partial charge in [0.2, 0.25) is 21.8 Å². The van der Waals surface area contributed by atoms with Crippen LogP contribution in [0.2, 0.25) is 0 Å². The van der Waals surface area contributed by atoms with Crippen molar-refractivity contribution in [2.75, 3.05) is 13.7 Å². The first kappa shape index (κ1) is 39.4. The first-order chi connectivity index (χ1) is 27.0. The number of methoxy groups -OCH3 is 1. The van der Waals surface area contributed by atoms with Crippen molar-refractivity contribution in [2.45, 2.75) is 151 Å². The summed E-state index contributed by atoms with van der Waals surface area (Å²) < 4.78 is 45.9. The largest absolute Gasteiger partial charge is 0.497 e. The van der Waals surface area contributed by atoms with E-state index in [4.69, 9.17) is 19.2 Å². The summed E-state index contributed by atoms with van der Waals surface area (Å²) in [6.45, 7) is 6.92. The number of hydrogen-bond acceptors (Lipinski definition) is 10. The van der Waals surface area contributed by atoms with Crippen LogP contribution < -0.4 is 24.8 Å². The third-order valence-corrected chi connectivity index (χ3v) is 14.9. The van der Waals surface area contributed by atoms with Gasteiger partial charge in [-0.25, -0.2) is 18.2 Å². The second kappa shape index (κ2) is 14.2. The lowest BCUT2D eigenvalue weighted by Gasteiger charge is -2.37. The molecule has 6 aliphatic rings. The van der Waals surface area contributed by atoms with E-state index in [2.05, 4.69) is 15.4 Å². The van der Waals surface area contributed by atoms with Crippen LogP contribution in [0, 0.1) is 5.92 Å². The van der Waals surface area contributed by atoms with E-state index in [1.54, 1.807) is 34.8 Å². The number of sulfonamides is 1. The van der Waals surface area contributed by atoms with Gasteiger partial charge >= 0.3 is 6.09 Å². The zero-order valence-corrected chi connectivity index (χ0v) is 34.4. The van der Waals surface area contributed by atoms with Gasteiger partial charge in [-0.05, 0) is 104 Å². The van der Waals surface area contributed by atoms with E-state index in [0.717, 1.165) is 47.8 Å². The van der Waals surface area contributed by atoms with Gasteiger partial charge in [0.25, 0.3) is 5.91 Å². The van der Waals surface area contributed by atoms with E-state index in [9.17, 15) is 27.6 Å². The van der Waals surface area contributed by atoms with E-state index in [-0.39, 0.29) is 25.3 Å². The second-order valence-corrected chi connectivity index (χ2v) is 20.6. The number of amides is 4. The van der Waals surface area contributed by atoms with Gasteiger partial charge in [0.05, 0.1) is 29.6 Å². The number of ether oxygens (including phenoxy) is 3. The number of fused-ring (bicyclic) bond motifs is 5. The number of aryl methyl sites for hydroxylation is 1. The van der Waals surface area contributed by atoms with Crippen LogP contribution in [0.3, 0.4) is 0 Å². The molecule has 8 rings (SSSR count). The second-order valence-electron chi connectivity index (χ2n) is 18.4. The van der Waals surface area contributed by atoms with E-state index >= 15 is 0 Å². The number of nitrogens with zero attached hydrogens (tertiary/aromatic N) is 2. The summed E-state index contributed by atoms with van der Waals surface area (Å²) >= 11 is 0. The van der Waals surface area contributed by atoms with Crippen molar-refractivity contribution in [1.29, 1.82) is 0 Å². The summed E-state index contributed by atoms with van der Waals surface area (Å²) in [5, 5.41) is 6.75. The van der Waals surface area contributed by atoms with Crippen molar-refractivity contribution in [3.8, 4) is 11.5 Å². The molecule has 4 amide bonds. The SMILES string of the molecule is COc1ccc2c3c(c(C4CC4)nc2c1)O[C@]1(CC3)C[C@H]2C(=O)N[C@]3(C(=O)NS(=O)(=O)C4(C)CC4)C[C@@H]3/C=C\CCCCC[C@H](NC(=O)OC(C)(C)C)C(=O)N2C1. The van der Waals surface area contributed by atoms with Crippen molar-refractivity contribution in [2.24, 2.45) is 5.92 Å². The van der Waals surface area contributed by atoms with E-state index < -0.39 is 73.3 Å². The predicted octanol–water partition coefficient (Wildman–Crippen LogP) is 5.07. The molecule has 1 saturated heterocycles. The first-order valence-electron chi connectivity index (χ1n) is 20.5. The summed E-state index contributed by atoms with van der Waals surface area (Å²) in [6, 6.07) is 3.76. The van der Waals surface area contributed by atoms with Gasteiger partial charge in [-0.15, -0.1) is 0 Å². The molecule has 5 atom stereocenters. The number of alkyl carbamates (subject to hydrolysis) is 1. The topological polar surface area (TPSA) is 182 Å². The molecule has 0 unspecified atom stereocenters. The summed E-state index contributed by atoms with van der Waals surface area (Å²) in [6.07, 6.45) is 10.7. The molecule has 1 aromatic heterocycles. The average molecular weight is 806 g/mol. The van der Waals surface area contributed by atoms with Crippen LogP contribution in [-0.4, -0.2) is 89.3 Å². The molecule has 0 bridgehead atoms. The van der Waals surface area contributed by atoms with Gasteiger partial charge in [0, 0.05) is 35.3 Å². The maximum Gasteiger partial charge on any atom is 0.408 e. The Morgan fingerprint density at radius 3 is 2.53 bits per heavy atom. The molecule has 4 fully saturated rings. The normalized spacial score (nSPS) is 30.3. The highest BCUT2D eigenvalue weighted by Crippen LogP contribution is 2.52. The monoisotopic (exact) mass is 805 g/mol. The molecule has 1 spiro atoms. The lowest BCUT2D eigenvalue weighted by Crippen LogP contribution is -2.58. The standard InChI is InChI=1S/C42H55N5O9S/c1-39(2,3)56-38(51)44-30-12-10-8-6-7-9-11-26-22-42(26,37(50)46-57(52,53)40(4)19-20-40)45-35(48)32-23-41(24-47(32)36(30)49)18-17-29-28-16-15-27(54-5)21-31(28)43-33(25-13-14-25)34(29)55-41/h9,11,15-16,21,25-26,30,32H,6-8,10,12-14,17-20,22-24H2,1-5H3,(H,44,51)(H,45,48)(H,46,50)/b11-9-/t26-,30-,32-,41+,42+/m0/s1. The molecule has 57 heavy (non-hydrogen) atoms. The summed E-state index contributed by atoms with van der Waals surface area (Å²) in [5.41, 5.74) is -0.551. The van der Waals surface area contributed by atoms with Crippen molar-refractivity contribution < 1.29 is 41.8 Å². The van der Waals surface area contributed by atoms with E-state index in [1.165, 1.54) is 4.90 Å². The first-order valence-corrected chi connectivity index (χ1v) is 22.0. The minimum absolute atomic E-state index is 0.0654. The molecule has 1 aromatic carbocycles. The number of carbonyl (C=O) groups is 4. The number of hydrogen-bond donors (Lipinski definition) is 3. The number of carbonyl (C=O) groups excluding carboxylic acids is 4. The molecule has 14 nitrogen and oxygen atoms in total. The molecule has 4 heterocycles. The van der Waals surface area contributed by atoms with Crippen LogP contribution in [0.4, 0.5) is 4.79 Å². The van der Waals surface area contributed by atoms with Gasteiger partial charge in [-0.1, -0.05) is 25.0 Å². The predicted molar refractivity (Wildman–Crippen MR) is 211 cm³/mol. The van der Waals surface area contributed by atoms with Crippen LogP contribution in [-0.2, 0) is 35.6 Å². The molecular formula is C42H55N5O9S. The smallest absolute Gasteiger partial charge is 0.408 e. The Labute approximate surface area is 334 Å². The van der Waals surface area contributed by atoms with Gasteiger partial charge in [0.15, 0.2) is 0 Å². The van der Waals surface area contributed by atoms with E-state index in [0.29, 0.717) is 56.4 Å². The Bertz CT molecular complexity index is 2140. The highest BCUT2D eigenvalue weighted by atomic mass is 32.2. The fraction of sp³-hybridized carbons (Fsp3) is 0.643. The number of aromatic nitrogens is 1. The lowest BCUT2D eigenvalue weighted by atomic mass is 9.86. The van der Waals surface area contributed by atoms with Crippen LogP contribution in [0.25, 0.3) is 10.9 Å². The number of nitrogens with one attached hydrogen (secondary N) is 3. The Hall–Kier alpha value is -4.40. The highest BCUT2D eigenvalue weighted by molar-refractivity contribution is 7.91. The van der Waals surface area contributed by atoms with Gasteiger partial charge in [-0.2, -0.15) is 0 Å². The molecule has 3 N–H and O–H groups in total. The molecule has 15 heteroatoms. The van der Waals surface area contributed by atoms with Crippen molar-refractivity contribution >= 4 is 44.7 Å². The van der Waals surface area contributed by atoms with Gasteiger partial charge in [-0.3, -0.25) is 19.1 Å². The summed E-state index contributed by atoms with van der Waals surface area (Å²) in [4.78, 5) is 63.3. The molecule has 3 aliphatic carbocycles. The third-order valence-electron chi connectivity index (χ3n) is 12.7.